The Labute approximate surface area is 109 Å². The predicted octanol–water partition coefficient (Wildman–Crippen LogP) is 1.89. The number of pyridine rings is 1. The summed E-state index contributed by atoms with van der Waals surface area (Å²) in [5, 5.41) is 10.5. The lowest BCUT2D eigenvalue weighted by Crippen LogP contribution is -2.23. The minimum Gasteiger partial charge on any atom is -0.346 e. The summed E-state index contributed by atoms with van der Waals surface area (Å²) in [6.07, 6.45) is 3.41. The van der Waals surface area contributed by atoms with E-state index >= 15 is 0 Å². The predicted molar refractivity (Wildman–Crippen MR) is 71.5 cm³/mol. The van der Waals surface area contributed by atoms with Crippen molar-refractivity contribution in [2.45, 2.75) is 6.54 Å². The van der Waals surface area contributed by atoms with Gasteiger partial charge in [0, 0.05) is 17.1 Å². The van der Waals surface area contributed by atoms with Gasteiger partial charge >= 0.3 is 0 Å². The molecule has 0 saturated heterocycles. The van der Waals surface area contributed by atoms with Gasteiger partial charge in [-0.1, -0.05) is 6.07 Å². The van der Waals surface area contributed by atoms with Crippen LogP contribution in [-0.4, -0.2) is 21.1 Å². The average Bonchev–Trinajstić information content (AvgIpc) is 2.93. The van der Waals surface area contributed by atoms with Crippen molar-refractivity contribution in [2.75, 3.05) is 0 Å². The number of amides is 1. The van der Waals surface area contributed by atoms with Gasteiger partial charge in [-0.2, -0.15) is 5.10 Å². The Balaban J connectivity index is 1.73. The maximum atomic E-state index is 12.0. The molecule has 2 heterocycles. The van der Waals surface area contributed by atoms with Crippen LogP contribution in [0, 0.1) is 0 Å². The number of hydrogen-bond donors (Lipinski definition) is 2. The molecule has 1 amide bonds. The Bertz CT molecular complexity index is 706. The van der Waals surface area contributed by atoms with Crippen molar-refractivity contribution in [3.05, 3.63) is 60.0 Å². The summed E-state index contributed by atoms with van der Waals surface area (Å²) >= 11 is 0. The SMILES string of the molecule is O=C(NCc1ccccn1)c1ccc2[nH]ncc2c1. The van der Waals surface area contributed by atoms with E-state index in [9.17, 15) is 4.79 Å². The normalized spacial score (nSPS) is 10.5. The van der Waals surface area contributed by atoms with Crippen LogP contribution >= 0.6 is 0 Å². The number of H-pyrrole nitrogens is 1. The fourth-order valence-corrected chi connectivity index (χ4v) is 1.86. The molecule has 0 aliphatic carbocycles. The van der Waals surface area contributed by atoms with Crippen LogP contribution in [0.25, 0.3) is 10.9 Å². The lowest BCUT2D eigenvalue weighted by Gasteiger charge is -2.04. The van der Waals surface area contributed by atoms with Gasteiger partial charge in [0.15, 0.2) is 0 Å². The van der Waals surface area contributed by atoms with Crippen molar-refractivity contribution in [3.63, 3.8) is 0 Å². The Kier molecular flexibility index (Phi) is 2.94. The second kappa shape index (κ2) is 4.89. The maximum absolute atomic E-state index is 12.0. The molecule has 2 N–H and O–H groups in total. The van der Waals surface area contributed by atoms with Gasteiger partial charge in [-0.05, 0) is 30.3 Å². The summed E-state index contributed by atoms with van der Waals surface area (Å²) in [4.78, 5) is 16.2. The lowest BCUT2D eigenvalue weighted by atomic mass is 10.1. The molecule has 0 aliphatic heterocycles. The zero-order valence-electron chi connectivity index (χ0n) is 10.1. The molecule has 0 bridgehead atoms. The number of nitrogens with one attached hydrogen (secondary N) is 2. The van der Waals surface area contributed by atoms with E-state index in [1.165, 1.54) is 0 Å². The van der Waals surface area contributed by atoms with Gasteiger partial charge in [0.05, 0.1) is 24.0 Å². The molecule has 0 atom stereocenters. The third kappa shape index (κ3) is 2.44. The third-order valence-electron chi connectivity index (χ3n) is 2.86. The van der Waals surface area contributed by atoms with E-state index in [1.54, 1.807) is 18.5 Å². The molecule has 0 aliphatic rings. The first-order valence-electron chi connectivity index (χ1n) is 5.94. The highest BCUT2D eigenvalue weighted by molar-refractivity contribution is 5.97. The molecule has 5 nitrogen and oxygen atoms in total. The fourth-order valence-electron chi connectivity index (χ4n) is 1.86. The summed E-state index contributed by atoms with van der Waals surface area (Å²) in [7, 11) is 0. The summed E-state index contributed by atoms with van der Waals surface area (Å²) in [5.74, 6) is -0.117. The molecule has 0 saturated carbocycles. The first-order chi connectivity index (χ1) is 9.33. The molecule has 5 heteroatoms. The summed E-state index contributed by atoms with van der Waals surface area (Å²) in [5.41, 5.74) is 2.37. The van der Waals surface area contributed by atoms with Gasteiger partial charge in [0.1, 0.15) is 0 Å². The van der Waals surface area contributed by atoms with E-state index in [-0.39, 0.29) is 5.91 Å². The first-order valence-corrected chi connectivity index (χ1v) is 5.94. The first kappa shape index (κ1) is 11.4. The number of benzene rings is 1. The highest BCUT2D eigenvalue weighted by Gasteiger charge is 2.07. The second-order valence-electron chi connectivity index (χ2n) is 4.18. The van der Waals surface area contributed by atoms with E-state index in [1.807, 2.05) is 30.3 Å². The zero-order chi connectivity index (χ0) is 13.1. The van der Waals surface area contributed by atoms with Crippen LogP contribution < -0.4 is 5.32 Å². The van der Waals surface area contributed by atoms with Crippen molar-refractivity contribution in [1.82, 2.24) is 20.5 Å². The monoisotopic (exact) mass is 252 g/mol. The van der Waals surface area contributed by atoms with E-state index in [0.29, 0.717) is 12.1 Å². The number of aromatic nitrogens is 3. The van der Waals surface area contributed by atoms with Crippen LogP contribution in [0.5, 0.6) is 0 Å². The number of hydrogen-bond acceptors (Lipinski definition) is 3. The molecular weight excluding hydrogens is 240 g/mol. The van der Waals surface area contributed by atoms with Crippen LogP contribution in [0.1, 0.15) is 16.1 Å². The highest BCUT2D eigenvalue weighted by atomic mass is 16.1. The molecular formula is C14H12N4O. The Hall–Kier alpha value is -2.69. The van der Waals surface area contributed by atoms with Crippen LogP contribution in [0.3, 0.4) is 0 Å². The van der Waals surface area contributed by atoms with Crippen molar-refractivity contribution in [1.29, 1.82) is 0 Å². The molecule has 0 fully saturated rings. The van der Waals surface area contributed by atoms with Gasteiger partial charge in [-0.15, -0.1) is 0 Å². The number of carbonyl (C=O) groups excluding carboxylic acids is 1. The molecule has 0 unspecified atom stereocenters. The quantitative estimate of drug-likeness (QED) is 0.747. The Morgan fingerprint density at radius 3 is 3.05 bits per heavy atom. The largest absolute Gasteiger partial charge is 0.346 e. The number of fused-ring (bicyclic) bond motifs is 1. The number of nitrogens with zero attached hydrogens (tertiary/aromatic N) is 2. The second-order valence-corrected chi connectivity index (χ2v) is 4.18. The summed E-state index contributed by atoms with van der Waals surface area (Å²) in [6, 6.07) is 11.0. The summed E-state index contributed by atoms with van der Waals surface area (Å²) in [6.45, 7) is 0.420. The molecule has 3 aromatic rings. The molecule has 0 spiro atoms. The minimum atomic E-state index is -0.117. The Morgan fingerprint density at radius 2 is 2.21 bits per heavy atom. The maximum Gasteiger partial charge on any atom is 0.251 e. The van der Waals surface area contributed by atoms with Crippen LogP contribution in [0.15, 0.2) is 48.8 Å². The van der Waals surface area contributed by atoms with Crippen molar-refractivity contribution < 1.29 is 4.79 Å². The number of carbonyl (C=O) groups is 1. The van der Waals surface area contributed by atoms with Crippen molar-refractivity contribution >= 4 is 16.8 Å². The summed E-state index contributed by atoms with van der Waals surface area (Å²) < 4.78 is 0. The van der Waals surface area contributed by atoms with Crippen LogP contribution in [0.2, 0.25) is 0 Å². The van der Waals surface area contributed by atoms with Gasteiger partial charge < -0.3 is 5.32 Å². The third-order valence-corrected chi connectivity index (χ3v) is 2.86. The van der Waals surface area contributed by atoms with Crippen LogP contribution in [0.4, 0.5) is 0 Å². The average molecular weight is 252 g/mol. The van der Waals surface area contributed by atoms with Gasteiger partial charge in [0.25, 0.3) is 5.91 Å². The smallest absolute Gasteiger partial charge is 0.251 e. The molecule has 2 aromatic heterocycles. The van der Waals surface area contributed by atoms with Gasteiger partial charge in [0.2, 0.25) is 0 Å². The molecule has 3 rings (SSSR count). The zero-order valence-corrected chi connectivity index (χ0v) is 10.1. The van der Waals surface area contributed by atoms with E-state index in [4.69, 9.17) is 0 Å². The fraction of sp³-hybridized carbons (Fsp3) is 0.0714. The van der Waals surface area contributed by atoms with Crippen molar-refractivity contribution in [3.8, 4) is 0 Å². The lowest BCUT2D eigenvalue weighted by molar-refractivity contribution is 0.0950. The molecule has 1 aromatic carbocycles. The molecule has 19 heavy (non-hydrogen) atoms. The number of rotatable bonds is 3. The minimum absolute atomic E-state index is 0.117. The van der Waals surface area contributed by atoms with Gasteiger partial charge in [-0.25, -0.2) is 0 Å². The molecule has 94 valence electrons. The van der Waals surface area contributed by atoms with E-state index in [2.05, 4.69) is 20.5 Å². The van der Waals surface area contributed by atoms with Crippen molar-refractivity contribution in [2.24, 2.45) is 0 Å². The topological polar surface area (TPSA) is 70.7 Å². The van der Waals surface area contributed by atoms with E-state index < -0.39 is 0 Å². The highest BCUT2D eigenvalue weighted by Crippen LogP contribution is 2.12. The van der Waals surface area contributed by atoms with E-state index in [0.717, 1.165) is 16.6 Å². The molecule has 0 radical (unpaired) electrons. The Morgan fingerprint density at radius 1 is 1.26 bits per heavy atom. The van der Waals surface area contributed by atoms with Gasteiger partial charge in [-0.3, -0.25) is 14.9 Å². The standard InChI is InChI=1S/C14H12N4O/c19-14(16-9-12-3-1-2-6-15-12)10-4-5-13-11(7-10)8-17-18-13/h1-8H,9H2,(H,16,19)(H,17,18). The van der Waals surface area contributed by atoms with Crippen LogP contribution in [-0.2, 0) is 6.54 Å². The number of aromatic amines is 1.